The molecule has 2 aromatic rings. The van der Waals surface area contributed by atoms with Gasteiger partial charge in [0.2, 0.25) is 0 Å². The zero-order valence-corrected chi connectivity index (χ0v) is 15.8. The molecule has 1 atom stereocenters. The average molecular weight is 380 g/mol. The molecular weight excluding hydrogens is 360 g/mol. The van der Waals surface area contributed by atoms with Gasteiger partial charge in [-0.05, 0) is 38.0 Å². The summed E-state index contributed by atoms with van der Waals surface area (Å²) in [5, 5.41) is 0.952. The first kappa shape index (κ1) is 16.8. The van der Waals surface area contributed by atoms with E-state index >= 15 is 0 Å². The fourth-order valence-electron chi connectivity index (χ4n) is 3.56. The van der Waals surface area contributed by atoms with Gasteiger partial charge in [-0.15, -0.1) is 11.3 Å². The van der Waals surface area contributed by atoms with Crippen LogP contribution in [-0.4, -0.2) is 43.4 Å². The minimum Gasteiger partial charge on any atom is -0.459 e. The minimum absolute atomic E-state index is 0.0374. The van der Waals surface area contributed by atoms with Crippen molar-refractivity contribution in [2.45, 2.75) is 32.9 Å². The number of aryl methyl sites for hydroxylation is 1. The molecule has 0 saturated carbocycles. The number of carbonyl (C=O) groups excluding carboxylic acids is 1. The minimum atomic E-state index is -2.97. The van der Waals surface area contributed by atoms with Crippen molar-refractivity contribution in [3.63, 3.8) is 0 Å². The third kappa shape index (κ3) is 2.92. The van der Waals surface area contributed by atoms with Crippen molar-refractivity contribution >= 4 is 32.1 Å². The molecule has 0 bridgehead atoms. The lowest BCUT2D eigenvalue weighted by Crippen LogP contribution is -2.49. The normalized spacial score (nSPS) is 23.0. The van der Waals surface area contributed by atoms with Crippen molar-refractivity contribution < 1.29 is 17.6 Å². The highest BCUT2D eigenvalue weighted by atomic mass is 32.2. The van der Waals surface area contributed by atoms with Crippen LogP contribution in [0.15, 0.2) is 22.8 Å². The maximum Gasteiger partial charge on any atom is 0.295 e. The smallest absolute Gasteiger partial charge is 0.295 e. The summed E-state index contributed by atoms with van der Waals surface area (Å²) in [6.45, 7) is 5.20. The Balaban J connectivity index is 1.71. The number of furan rings is 1. The molecule has 1 amide bonds. The van der Waals surface area contributed by atoms with Crippen molar-refractivity contribution in [2.24, 2.45) is 0 Å². The van der Waals surface area contributed by atoms with Crippen LogP contribution in [0.2, 0.25) is 0 Å². The number of fused-ring (bicyclic) bond motifs is 1. The first-order valence-electron chi connectivity index (χ1n) is 8.24. The second-order valence-corrected chi connectivity index (χ2v) is 10.2. The molecule has 2 aliphatic rings. The average Bonchev–Trinajstić information content (AvgIpc) is 3.28. The van der Waals surface area contributed by atoms with Gasteiger partial charge in [0.25, 0.3) is 5.91 Å². The van der Waals surface area contributed by atoms with Gasteiger partial charge in [0.05, 0.1) is 24.4 Å². The number of anilines is 1. The van der Waals surface area contributed by atoms with E-state index in [1.54, 1.807) is 28.4 Å². The summed E-state index contributed by atoms with van der Waals surface area (Å²) < 4.78 is 29.1. The van der Waals surface area contributed by atoms with Crippen molar-refractivity contribution in [3.8, 4) is 0 Å². The molecule has 2 aliphatic heterocycles. The van der Waals surface area contributed by atoms with Crippen molar-refractivity contribution in [3.05, 3.63) is 40.2 Å². The maximum atomic E-state index is 12.9. The number of amides is 1. The van der Waals surface area contributed by atoms with E-state index in [0.717, 1.165) is 10.6 Å². The number of thiophene rings is 1. The largest absolute Gasteiger partial charge is 0.459 e. The first-order chi connectivity index (χ1) is 11.9. The van der Waals surface area contributed by atoms with Gasteiger partial charge >= 0.3 is 0 Å². The zero-order valence-electron chi connectivity index (χ0n) is 14.2. The van der Waals surface area contributed by atoms with E-state index in [1.165, 1.54) is 16.7 Å². The Bertz CT molecular complexity index is 915. The molecule has 0 radical (unpaired) electrons. The first-order valence-corrected chi connectivity index (χ1v) is 10.9. The number of nitrogens with zero attached hydrogens (tertiary/aromatic N) is 2. The van der Waals surface area contributed by atoms with Gasteiger partial charge < -0.3 is 4.42 Å². The van der Waals surface area contributed by atoms with E-state index in [-0.39, 0.29) is 23.5 Å². The molecule has 1 unspecified atom stereocenters. The Morgan fingerprint density at radius 1 is 1.36 bits per heavy atom. The van der Waals surface area contributed by atoms with Gasteiger partial charge in [0, 0.05) is 23.0 Å². The van der Waals surface area contributed by atoms with E-state index in [0.29, 0.717) is 25.4 Å². The summed E-state index contributed by atoms with van der Waals surface area (Å²) in [5.41, 5.74) is 2.31. The molecule has 0 aromatic carbocycles. The summed E-state index contributed by atoms with van der Waals surface area (Å²) in [5.74, 6) is 0.524. The topological polar surface area (TPSA) is 70.8 Å². The Morgan fingerprint density at radius 2 is 2.16 bits per heavy atom. The van der Waals surface area contributed by atoms with Gasteiger partial charge in [0.1, 0.15) is 5.00 Å². The standard InChI is InChI=1S/C17H20N2O4S2/c1-11-12(2)24-17-14(11)8-18(13-5-7-25(21,22)9-13)10-19(17)16(20)15-4-3-6-23-15/h3-4,6,13H,5,7-10H2,1-2H3. The number of sulfone groups is 1. The van der Waals surface area contributed by atoms with Crippen molar-refractivity contribution in [1.82, 2.24) is 4.90 Å². The van der Waals surface area contributed by atoms with Crippen LogP contribution >= 0.6 is 11.3 Å². The molecule has 4 rings (SSSR count). The van der Waals surface area contributed by atoms with Gasteiger partial charge in [-0.1, -0.05) is 0 Å². The third-order valence-electron chi connectivity index (χ3n) is 5.12. The van der Waals surface area contributed by atoms with Crippen LogP contribution in [0.5, 0.6) is 0 Å². The summed E-state index contributed by atoms with van der Waals surface area (Å²) in [6, 6.07) is 3.32. The molecule has 1 saturated heterocycles. The van der Waals surface area contributed by atoms with Crippen LogP contribution in [0.25, 0.3) is 0 Å². The summed E-state index contributed by atoms with van der Waals surface area (Å²) in [4.78, 5) is 18.0. The Morgan fingerprint density at radius 3 is 2.80 bits per heavy atom. The van der Waals surface area contributed by atoms with Crippen LogP contribution in [0.3, 0.4) is 0 Å². The second-order valence-electron chi connectivity index (χ2n) is 6.72. The fourth-order valence-corrected chi connectivity index (χ4v) is 6.48. The molecule has 8 heteroatoms. The maximum absolute atomic E-state index is 12.9. The van der Waals surface area contributed by atoms with Gasteiger partial charge in [0.15, 0.2) is 15.6 Å². The Kier molecular flexibility index (Phi) is 4.01. The van der Waals surface area contributed by atoms with E-state index in [1.807, 2.05) is 0 Å². The third-order valence-corrected chi connectivity index (χ3v) is 8.14. The van der Waals surface area contributed by atoms with Crippen LogP contribution < -0.4 is 4.90 Å². The molecule has 4 heterocycles. The molecule has 6 nitrogen and oxygen atoms in total. The van der Waals surface area contributed by atoms with E-state index in [2.05, 4.69) is 18.7 Å². The molecule has 0 N–H and O–H groups in total. The Labute approximate surface area is 151 Å². The van der Waals surface area contributed by atoms with Crippen LogP contribution in [0.4, 0.5) is 5.00 Å². The summed E-state index contributed by atoms with van der Waals surface area (Å²) in [6.07, 6.45) is 2.12. The highest BCUT2D eigenvalue weighted by molar-refractivity contribution is 7.91. The number of carbonyl (C=O) groups is 1. The molecule has 134 valence electrons. The van der Waals surface area contributed by atoms with E-state index in [4.69, 9.17) is 4.42 Å². The summed E-state index contributed by atoms with van der Waals surface area (Å²) >= 11 is 1.61. The van der Waals surface area contributed by atoms with Gasteiger partial charge in [-0.3, -0.25) is 14.6 Å². The molecule has 0 spiro atoms. The molecule has 1 fully saturated rings. The SMILES string of the molecule is Cc1sc2c(c1C)CN(C1CCS(=O)(=O)C1)CN2C(=O)c1ccco1. The van der Waals surface area contributed by atoms with Crippen LogP contribution in [0.1, 0.15) is 33.0 Å². The van der Waals surface area contributed by atoms with Crippen molar-refractivity contribution in [1.29, 1.82) is 0 Å². The highest BCUT2D eigenvalue weighted by Gasteiger charge is 2.39. The Hall–Kier alpha value is -1.64. The number of hydrogen-bond acceptors (Lipinski definition) is 6. The lowest BCUT2D eigenvalue weighted by Gasteiger charge is -2.38. The molecule has 0 aliphatic carbocycles. The van der Waals surface area contributed by atoms with E-state index < -0.39 is 9.84 Å². The molecule has 25 heavy (non-hydrogen) atoms. The van der Waals surface area contributed by atoms with Crippen LogP contribution in [-0.2, 0) is 16.4 Å². The highest BCUT2D eigenvalue weighted by Crippen LogP contribution is 2.41. The number of hydrogen-bond donors (Lipinski definition) is 0. The number of rotatable bonds is 2. The summed E-state index contributed by atoms with van der Waals surface area (Å²) in [7, 11) is -2.97. The fraction of sp³-hybridized carbons (Fsp3) is 0.471. The van der Waals surface area contributed by atoms with E-state index in [9.17, 15) is 13.2 Å². The predicted molar refractivity (Wildman–Crippen MR) is 96.8 cm³/mol. The molecule has 2 aromatic heterocycles. The van der Waals surface area contributed by atoms with Gasteiger partial charge in [-0.2, -0.15) is 0 Å². The lowest BCUT2D eigenvalue weighted by molar-refractivity contribution is 0.0918. The van der Waals surface area contributed by atoms with Gasteiger partial charge in [-0.25, -0.2) is 8.42 Å². The van der Waals surface area contributed by atoms with Crippen LogP contribution in [0, 0.1) is 13.8 Å². The monoisotopic (exact) mass is 380 g/mol. The quantitative estimate of drug-likeness (QED) is 0.801. The second kappa shape index (κ2) is 5.96. The predicted octanol–water partition coefficient (Wildman–Crippen LogP) is 2.56. The molecular formula is C17H20N2O4S2. The van der Waals surface area contributed by atoms with Crippen molar-refractivity contribution in [2.75, 3.05) is 23.1 Å². The zero-order chi connectivity index (χ0) is 17.8. The lowest BCUT2D eigenvalue weighted by atomic mass is 10.1.